The zero-order chi connectivity index (χ0) is 16.4. The summed E-state index contributed by atoms with van der Waals surface area (Å²) in [5.41, 5.74) is 2.56. The Balaban J connectivity index is 1.84. The quantitative estimate of drug-likeness (QED) is 0.770. The molecule has 0 aromatic heterocycles. The molecule has 7 heteroatoms. The van der Waals surface area contributed by atoms with E-state index < -0.39 is 10.0 Å². The molecule has 0 fully saturated rings. The Bertz CT molecular complexity index is 807. The molecule has 1 aliphatic heterocycles. The number of aliphatic hydroxyl groups excluding tert-OH is 1. The van der Waals surface area contributed by atoms with E-state index in [0.717, 1.165) is 17.5 Å². The SMILES string of the molecule is O=S(=O)(Nc1ccc(Cl)cc1)c1ccc2c(c1)C[NH2+][C@@H](CO)C2. The molecule has 1 atom stereocenters. The average Bonchev–Trinajstić information content (AvgIpc) is 2.55. The molecule has 0 saturated carbocycles. The molecule has 1 aliphatic rings. The molecule has 0 bridgehead atoms. The van der Waals surface area contributed by atoms with E-state index in [9.17, 15) is 13.5 Å². The van der Waals surface area contributed by atoms with Crippen LogP contribution < -0.4 is 10.0 Å². The second-order valence-corrected chi connectivity index (χ2v) is 7.75. The van der Waals surface area contributed by atoms with Gasteiger partial charge in [0.1, 0.15) is 12.6 Å². The summed E-state index contributed by atoms with van der Waals surface area (Å²) in [6.07, 6.45) is 0.747. The van der Waals surface area contributed by atoms with Gasteiger partial charge in [0.05, 0.1) is 11.5 Å². The number of rotatable bonds is 4. The van der Waals surface area contributed by atoms with Crippen molar-refractivity contribution >= 4 is 27.3 Å². The van der Waals surface area contributed by atoms with Crippen molar-refractivity contribution in [3.63, 3.8) is 0 Å². The van der Waals surface area contributed by atoms with Crippen LogP contribution in [0.5, 0.6) is 0 Å². The normalized spacial score (nSPS) is 17.6. The number of benzene rings is 2. The Hall–Kier alpha value is -1.60. The molecule has 0 radical (unpaired) electrons. The van der Waals surface area contributed by atoms with Crippen LogP contribution in [-0.4, -0.2) is 26.2 Å². The van der Waals surface area contributed by atoms with Gasteiger partial charge in [0.25, 0.3) is 10.0 Å². The maximum atomic E-state index is 12.5. The molecule has 0 aliphatic carbocycles. The summed E-state index contributed by atoms with van der Waals surface area (Å²) in [5, 5.41) is 11.8. The molecular formula is C16H18ClN2O3S+. The molecule has 1 heterocycles. The van der Waals surface area contributed by atoms with E-state index in [0.29, 0.717) is 17.3 Å². The average molecular weight is 354 g/mol. The minimum absolute atomic E-state index is 0.123. The summed E-state index contributed by atoms with van der Waals surface area (Å²) in [5.74, 6) is 0. The zero-order valence-electron chi connectivity index (χ0n) is 12.4. The highest BCUT2D eigenvalue weighted by molar-refractivity contribution is 7.92. The van der Waals surface area contributed by atoms with Gasteiger partial charge in [-0.2, -0.15) is 0 Å². The Morgan fingerprint density at radius 1 is 1.17 bits per heavy atom. The Morgan fingerprint density at radius 3 is 2.61 bits per heavy atom. The van der Waals surface area contributed by atoms with Crippen LogP contribution in [0.2, 0.25) is 5.02 Å². The molecule has 122 valence electrons. The number of sulfonamides is 1. The van der Waals surface area contributed by atoms with Crippen molar-refractivity contribution in [3.8, 4) is 0 Å². The fraction of sp³-hybridized carbons (Fsp3) is 0.250. The molecule has 23 heavy (non-hydrogen) atoms. The first-order chi connectivity index (χ1) is 11.0. The van der Waals surface area contributed by atoms with E-state index in [4.69, 9.17) is 11.6 Å². The Morgan fingerprint density at radius 2 is 1.91 bits per heavy atom. The lowest BCUT2D eigenvalue weighted by Gasteiger charge is -2.22. The second-order valence-electron chi connectivity index (χ2n) is 5.63. The van der Waals surface area contributed by atoms with Crippen LogP contribution in [0.1, 0.15) is 11.1 Å². The van der Waals surface area contributed by atoms with Gasteiger partial charge in [-0.25, -0.2) is 8.42 Å². The van der Waals surface area contributed by atoms with Crippen molar-refractivity contribution in [1.82, 2.24) is 0 Å². The van der Waals surface area contributed by atoms with E-state index >= 15 is 0 Å². The lowest BCUT2D eigenvalue weighted by molar-refractivity contribution is -0.709. The van der Waals surface area contributed by atoms with Crippen LogP contribution in [0.4, 0.5) is 5.69 Å². The van der Waals surface area contributed by atoms with Crippen LogP contribution in [0, 0.1) is 0 Å². The predicted molar refractivity (Wildman–Crippen MR) is 88.9 cm³/mol. The van der Waals surface area contributed by atoms with Crippen molar-refractivity contribution in [1.29, 1.82) is 0 Å². The molecule has 0 unspecified atom stereocenters. The highest BCUT2D eigenvalue weighted by atomic mass is 35.5. The predicted octanol–water partition coefficient (Wildman–Crippen LogP) is 1.12. The van der Waals surface area contributed by atoms with E-state index in [1.54, 1.807) is 36.4 Å². The first-order valence-electron chi connectivity index (χ1n) is 7.32. The number of anilines is 1. The van der Waals surface area contributed by atoms with Crippen LogP contribution in [0.15, 0.2) is 47.4 Å². The maximum absolute atomic E-state index is 12.5. The summed E-state index contributed by atoms with van der Waals surface area (Å²) in [4.78, 5) is 0.238. The number of nitrogens with one attached hydrogen (secondary N) is 1. The van der Waals surface area contributed by atoms with Gasteiger partial charge in [-0.3, -0.25) is 4.72 Å². The maximum Gasteiger partial charge on any atom is 0.261 e. The Labute approximate surface area is 140 Å². The van der Waals surface area contributed by atoms with Gasteiger partial charge in [-0.1, -0.05) is 17.7 Å². The lowest BCUT2D eigenvalue weighted by Crippen LogP contribution is -2.91. The van der Waals surface area contributed by atoms with Gasteiger partial charge in [-0.05, 0) is 42.0 Å². The number of fused-ring (bicyclic) bond motifs is 1. The number of hydrogen-bond donors (Lipinski definition) is 3. The van der Waals surface area contributed by atoms with E-state index in [2.05, 4.69) is 4.72 Å². The van der Waals surface area contributed by atoms with Crippen molar-refractivity contribution in [2.24, 2.45) is 0 Å². The van der Waals surface area contributed by atoms with Crippen molar-refractivity contribution < 1.29 is 18.8 Å². The standard InChI is InChI=1S/C16H17ClN2O3S/c17-13-2-4-14(5-3-13)19-23(21,22)16-6-1-11-7-15(10-20)18-9-12(11)8-16/h1-6,8,15,18-20H,7,9-10H2/p+1/t15-/m1/s1. The summed E-state index contributed by atoms with van der Waals surface area (Å²) in [6, 6.07) is 11.8. The first kappa shape index (κ1) is 16.3. The van der Waals surface area contributed by atoms with E-state index in [-0.39, 0.29) is 17.5 Å². The number of halogens is 1. The largest absolute Gasteiger partial charge is 0.390 e. The molecular weight excluding hydrogens is 336 g/mol. The third-order valence-corrected chi connectivity index (χ3v) is 5.60. The highest BCUT2D eigenvalue weighted by Crippen LogP contribution is 2.22. The summed E-state index contributed by atoms with van der Waals surface area (Å²) >= 11 is 5.80. The van der Waals surface area contributed by atoms with Gasteiger partial charge in [0.15, 0.2) is 0 Å². The molecule has 2 aromatic carbocycles. The second kappa shape index (κ2) is 6.49. The topological polar surface area (TPSA) is 83.0 Å². The zero-order valence-corrected chi connectivity index (χ0v) is 13.9. The minimum Gasteiger partial charge on any atom is -0.390 e. The van der Waals surface area contributed by atoms with Gasteiger partial charge < -0.3 is 10.4 Å². The smallest absolute Gasteiger partial charge is 0.261 e. The van der Waals surface area contributed by atoms with Gasteiger partial charge in [-0.15, -0.1) is 0 Å². The number of aliphatic hydroxyl groups is 1. The third kappa shape index (κ3) is 3.67. The molecule has 5 nitrogen and oxygen atoms in total. The van der Waals surface area contributed by atoms with Crippen LogP contribution in [0.3, 0.4) is 0 Å². The van der Waals surface area contributed by atoms with Crippen LogP contribution in [-0.2, 0) is 23.0 Å². The van der Waals surface area contributed by atoms with Crippen molar-refractivity contribution in [2.45, 2.75) is 23.9 Å². The van der Waals surface area contributed by atoms with Gasteiger partial charge in [0.2, 0.25) is 0 Å². The monoisotopic (exact) mass is 353 g/mol. The lowest BCUT2D eigenvalue weighted by atomic mass is 9.96. The molecule has 0 amide bonds. The molecule has 2 aromatic rings. The third-order valence-electron chi connectivity index (χ3n) is 3.97. The molecule has 3 rings (SSSR count). The summed E-state index contributed by atoms with van der Waals surface area (Å²) in [7, 11) is -3.64. The minimum atomic E-state index is -3.64. The van der Waals surface area contributed by atoms with Gasteiger partial charge >= 0.3 is 0 Å². The summed E-state index contributed by atoms with van der Waals surface area (Å²) < 4.78 is 27.5. The highest BCUT2D eigenvalue weighted by Gasteiger charge is 2.23. The fourth-order valence-corrected chi connectivity index (χ4v) is 3.92. The first-order valence-corrected chi connectivity index (χ1v) is 9.18. The summed E-state index contributed by atoms with van der Waals surface area (Å²) in [6.45, 7) is 0.794. The number of hydrogen-bond acceptors (Lipinski definition) is 3. The number of quaternary nitrogens is 1. The Kier molecular flexibility index (Phi) is 4.59. The molecule has 4 N–H and O–H groups in total. The van der Waals surface area contributed by atoms with E-state index in [1.807, 2.05) is 11.4 Å². The fourth-order valence-electron chi connectivity index (χ4n) is 2.69. The molecule has 0 spiro atoms. The van der Waals surface area contributed by atoms with Crippen molar-refractivity contribution in [3.05, 3.63) is 58.6 Å². The van der Waals surface area contributed by atoms with Crippen LogP contribution in [0.25, 0.3) is 0 Å². The van der Waals surface area contributed by atoms with E-state index in [1.165, 1.54) is 0 Å². The van der Waals surface area contributed by atoms with Crippen LogP contribution >= 0.6 is 11.6 Å². The van der Waals surface area contributed by atoms with Gasteiger partial charge in [0, 0.05) is 22.7 Å². The molecule has 0 saturated heterocycles. The number of nitrogens with two attached hydrogens (primary N) is 1. The van der Waals surface area contributed by atoms with Crippen molar-refractivity contribution in [2.75, 3.05) is 11.3 Å².